The number of halogens is 1. The molecule has 4 aromatic rings. The van der Waals surface area contributed by atoms with Gasteiger partial charge in [-0.3, -0.25) is 24.1 Å². The average molecular weight is 673 g/mol. The standard InChI is InChI=1S/C35H33ClN4O6S/c1-45-24-14-15-26(29(18-24)46-2)38-34(44)35(16-6-3-7-17-35)40(19-30-37-27(21-47-30)22-10-12-23(36)13-11-22)31(41)20-39-28-9-5-4-8-25(28)32(42)33(39)43/h4-5,8-15,18,21H,3,6-7,16-17,19-20H2,1-2H3,(H,38,44). The van der Waals surface area contributed by atoms with Crippen LogP contribution in [0.5, 0.6) is 11.5 Å². The van der Waals surface area contributed by atoms with Crippen molar-refractivity contribution < 1.29 is 28.7 Å². The Hall–Kier alpha value is -4.74. The molecule has 2 heterocycles. The third-order valence-electron chi connectivity index (χ3n) is 8.74. The number of methoxy groups -OCH3 is 2. The van der Waals surface area contributed by atoms with Crippen LogP contribution in [0.4, 0.5) is 11.4 Å². The number of ether oxygens (including phenoxy) is 2. The van der Waals surface area contributed by atoms with E-state index in [1.807, 2.05) is 17.5 Å². The van der Waals surface area contributed by atoms with E-state index < -0.39 is 29.7 Å². The molecule has 6 rings (SSSR count). The number of carbonyl (C=O) groups is 4. The number of nitrogens with one attached hydrogen (secondary N) is 1. The quantitative estimate of drug-likeness (QED) is 0.194. The Bertz CT molecular complexity index is 1840. The summed E-state index contributed by atoms with van der Waals surface area (Å²) in [7, 11) is 3.05. The maximum absolute atomic E-state index is 14.5. The molecule has 1 saturated carbocycles. The number of para-hydroxylation sites is 1. The number of hydrogen-bond donors (Lipinski definition) is 1. The van der Waals surface area contributed by atoms with E-state index in [0.29, 0.717) is 51.4 Å². The van der Waals surface area contributed by atoms with Gasteiger partial charge >= 0.3 is 0 Å². The van der Waals surface area contributed by atoms with E-state index in [2.05, 4.69) is 5.32 Å². The molecule has 0 radical (unpaired) electrons. The lowest BCUT2D eigenvalue weighted by Gasteiger charge is -2.45. The summed E-state index contributed by atoms with van der Waals surface area (Å²) in [4.78, 5) is 62.5. The molecule has 1 aromatic heterocycles. The second-order valence-corrected chi connectivity index (χ2v) is 12.8. The smallest absolute Gasteiger partial charge is 0.299 e. The van der Waals surface area contributed by atoms with Gasteiger partial charge in [-0.05, 0) is 49.2 Å². The molecule has 47 heavy (non-hydrogen) atoms. The number of fused-ring (bicyclic) bond motifs is 1. The average Bonchev–Trinajstić information content (AvgIpc) is 3.66. The highest BCUT2D eigenvalue weighted by Crippen LogP contribution is 2.39. The van der Waals surface area contributed by atoms with E-state index in [1.54, 1.807) is 66.6 Å². The van der Waals surface area contributed by atoms with E-state index in [1.165, 1.54) is 23.3 Å². The van der Waals surface area contributed by atoms with E-state index in [4.69, 9.17) is 26.1 Å². The highest BCUT2D eigenvalue weighted by molar-refractivity contribution is 7.09. The van der Waals surface area contributed by atoms with Gasteiger partial charge in [-0.15, -0.1) is 11.3 Å². The third-order valence-corrected chi connectivity index (χ3v) is 9.82. The van der Waals surface area contributed by atoms with Crippen LogP contribution in [0.25, 0.3) is 11.3 Å². The fourth-order valence-electron chi connectivity index (χ4n) is 6.27. The van der Waals surface area contributed by atoms with E-state index in [0.717, 1.165) is 24.8 Å². The van der Waals surface area contributed by atoms with Crippen LogP contribution < -0.4 is 19.7 Å². The summed E-state index contributed by atoms with van der Waals surface area (Å²) in [6.45, 7) is -0.375. The summed E-state index contributed by atoms with van der Waals surface area (Å²) in [5, 5.41) is 6.15. The first-order chi connectivity index (χ1) is 22.7. The molecule has 1 N–H and O–H groups in total. The van der Waals surface area contributed by atoms with Crippen LogP contribution in [0.15, 0.2) is 72.1 Å². The molecule has 0 bridgehead atoms. The first-order valence-electron chi connectivity index (χ1n) is 15.2. The van der Waals surface area contributed by atoms with Crippen LogP contribution in [0.3, 0.4) is 0 Å². The Morgan fingerprint density at radius 3 is 2.47 bits per heavy atom. The van der Waals surface area contributed by atoms with Gasteiger partial charge in [0.15, 0.2) is 0 Å². The molecule has 242 valence electrons. The van der Waals surface area contributed by atoms with Crippen LogP contribution in [0, 0.1) is 0 Å². The summed E-state index contributed by atoms with van der Waals surface area (Å²) in [6, 6.07) is 19.0. The van der Waals surface area contributed by atoms with Crippen molar-refractivity contribution in [2.45, 2.75) is 44.2 Å². The van der Waals surface area contributed by atoms with E-state index >= 15 is 0 Å². The van der Waals surface area contributed by atoms with Crippen LogP contribution >= 0.6 is 22.9 Å². The molecule has 0 saturated heterocycles. The number of rotatable bonds is 10. The van der Waals surface area contributed by atoms with Crippen molar-refractivity contribution in [3.05, 3.63) is 87.7 Å². The summed E-state index contributed by atoms with van der Waals surface area (Å²) >= 11 is 7.47. The lowest BCUT2D eigenvalue weighted by atomic mass is 9.79. The molecule has 1 aliphatic heterocycles. The van der Waals surface area contributed by atoms with Crippen molar-refractivity contribution in [1.82, 2.24) is 9.88 Å². The minimum Gasteiger partial charge on any atom is -0.497 e. The fourth-order valence-corrected chi connectivity index (χ4v) is 7.19. The van der Waals surface area contributed by atoms with Crippen molar-refractivity contribution in [1.29, 1.82) is 0 Å². The Morgan fingerprint density at radius 1 is 1.00 bits per heavy atom. The highest BCUT2D eigenvalue weighted by atomic mass is 35.5. The lowest BCUT2D eigenvalue weighted by Crippen LogP contribution is -2.61. The number of Topliss-reactive ketones (excluding diaryl/α,β-unsaturated/α-hetero) is 1. The number of anilines is 2. The first-order valence-corrected chi connectivity index (χ1v) is 16.5. The molecule has 12 heteroatoms. The predicted molar refractivity (Wildman–Crippen MR) is 180 cm³/mol. The minimum absolute atomic E-state index is 0.0296. The molecule has 10 nitrogen and oxygen atoms in total. The van der Waals surface area contributed by atoms with Gasteiger partial charge in [0.1, 0.15) is 28.6 Å². The SMILES string of the molecule is COc1ccc(NC(=O)C2(N(Cc3nc(-c4ccc(Cl)cc4)cs3)C(=O)CN3C(=O)C(=O)c4ccccc43)CCCCC2)c(OC)c1. The second-order valence-electron chi connectivity index (χ2n) is 11.5. The van der Waals surface area contributed by atoms with Gasteiger partial charge in [0.25, 0.3) is 11.7 Å². The van der Waals surface area contributed by atoms with Gasteiger partial charge < -0.3 is 19.7 Å². The Kier molecular flexibility index (Phi) is 9.28. The zero-order valence-corrected chi connectivity index (χ0v) is 27.5. The van der Waals surface area contributed by atoms with Crippen molar-refractivity contribution in [3.63, 3.8) is 0 Å². The molecule has 3 amide bonds. The maximum atomic E-state index is 14.5. The maximum Gasteiger partial charge on any atom is 0.299 e. The normalized spacial score (nSPS) is 15.3. The van der Waals surface area contributed by atoms with Gasteiger partial charge in [-0.1, -0.05) is 55.1 Å². The molecular weight excluding hydrogens is 640 g/mol. The van der Waals surface area contributed by atoms with E-state index in [9.17, 15) is 19.2 Å². The largest absolute Gasteiger partial charge is 0.497 e. The Balaban J connectivity index is 1.38. The molecule has 0 atom stereocenters. The van der Waals surface area contributed by atoms with E-state index in [-0.39, 0.29) is 18.0 Å². The van der Waals surface area contributed by atoms with Gasteiger partial charge in [0.2, 0.25) is 11.8 Å². The van der Waals surface area contributed by atoms with Gasteiger partial charge in [0, 0.05) is 22.0 Å². The Labute approximate surface area is 281 Å². The number of hydrogen-bond acceptors (Lipinski definition) is 8. The minimum atomic E-state index is -1.27. The zero-order chi connectivity index (χ0) is 33.1. The van der Waals surface area contributed by atoms with Crippen LogP contribution in [-0.2, 0) is 20.9 Å². The fraction of sp³-hybridized carbons (Fsp3) is 0.286. The number of nitrogens with zero attached hydrogens (tertiary/aromatic N) is 3. The van der Waals surface area contributed by atoms with Crippen LogP contribution in [0.2, 0.25) is 5.02 Å². The molecule has 0 unspecified atom stereocenters. The predicted octanol–water partition coefficient (Wildman–Crippen LogP) is 6.38. The second kappa shape index (κ2) is 13.5. The summed E-state index contributed by atoms with van der Waals surface area (Å²) in [5.41, 5.74) is 1.38. The number of amides is 3. The number of benzene rings is 3. The van der Waals surface area contributed by atoms with Crippen molar-refractivity contribution in [2.75, 3.05) is 31.0 Å². The van der Waals surface area contributed by atoms with Gasteiger partial charge in [-0.25, -0.2) is 4.98 Å². The number of ketones is 1. The highest BCUT2D eigenvalue weighted by Gasteiger charge is 2.48. The van der Waals surface area contributed by atoms with Crippen molar-refractivity contribution in [2.24, 2.45) is 0 Å². The van der Waals surface area contributed by atoms with Crippen LogP contribution in [0.1, 0.15) is 47.5 Å². The topological polar surface area (TPSA) is 118 Å². The molecule has 2 aliphatic rings. The van der Waals surface area contributed by atoms with Gasteiger partial charge in [-0.2, -0.15) is 0 Å². The van der Waals surface area contributed by atoms with Crippen molar-refractivity contribution >= 4 is 57.8 Å². The summed E-state index contributed by atoms with van der Waals surface area (Å²) < 4.78 is 10.9. The zero-order valence-electron chi connectivity index (χ0n) is 26.0. The number of thiazole rings is 1. The first kappa shape index (κ1) is 32.2. The molecular formula is C35H33ClN4O6S. The number of aromatic nitrogens is 1. The Morgan fingerprint density at radius 2 is 1.74 bits per heavy atom. The number of carbonyl (C=O) groups excluding carboxylic acids is 4. The third kappa shape index (κ3) is 6.33. The van der Waals surface area contributed by atoms with Gasteiger partial charge in [0.05, 0.1) is 43.4 Å². The summed E-state index contributed by atoms with van der Waals surface area (Å²) in [6.07, 6.45) is 3.15. The molecule has 3 aromatic carbocycles. The molecule has 0 spiro atoms. The lowest BCUT2D eigenvalue weighted by molar-refractivity contribution is -0.148. The molecule has 1 fully saturated rings. The van der Waals surface area contributed by atoms with Crippen LogP contribution in [-0.4, -0.2) is 59.7 Å². The summed E-state index contributed by atoms with van der Waals surface area (Å²) in [5.74, 6) is -1.30. The van der Waals surface area contributed by atoms with Crippen molar-refractivity contribution in [3.8, 4) is 22.8 Å². The molecule has 1 aliphatic carbocycles. The monoisotopic (exact) mass is 672 g/mol.